The minimum absolute atomic E-state index is 0.482. The number of allylic oxidation sites excluding steroid dienone is 3. The molecule has 1 fully saturated rings. The highest BCUT2D eigenvalue weighted by molar-refractivity contribution is 6.50. The van der Waals surface area contributed by atoms with Gasteiger partial charge in [-0.2, -0.15) is 0 Å². The monoisotopic (exact) mass is 178 g/mol. The van der Waals surface area contributed by atoms with Crippen molar-refractivity contribution in [2.24, 2.45) is 0 Å². The standard InChI is InChI=1S/C9H12O.CH3.Al/c1-2-5-9(10)8-6-3-4-7-8;;/h3-4,6,9H,1-2,5,7H2;1H3;/q-1;;+1. The van der Waals surface area contributed by atoms with Crippen LogP contribution in [0.4, 0.5) is 0 Å². The van der Waals surface area contributed by atoms with E-state index in [-0.39, 0.29) is 0 Å². The number of hydrogen-bond donors (Lipinski definition) is 0. The van der Waals surface area contributed by atoms with Gasteiger partial charge in [-0.15, -0.1) is 0 Å². The van der Waals surface area contributed by atoms with Crippen LogP contribution in [0.25, 0.3) is 0 Å². The molecule has 0 aromatic rings. The SMILES string of the molecule is [CH3][Al]1[CH2]CCC(C2=CC=CC2)[O]1. The molecule has 1 aliphatic carbocycles. The van der Waals surface area contributed by atoms with Gasteiger partial charge in [0.2, 0.25) is 0 Å². The summed E-state index contributed by atoms with van der Waals surface area (Å²) in [4.78, 5) is 0. The fourth-order valence-corrected chi connectivity index (χ4v) is 3.80. The second kappa shape index (κ2) is 3.79. The Hall–Kier alpha value is -0.0275. The van der Waals surface area contributed by atoms with Crippen molar-refractivity contribution in [1.82, 2.24) is 0 Å². The third-order valence-corrected chi connectivity index (χ3v) is 4.70. The van der Waals surface area contributed by atoms with Crippen molar-refractivity contribution in [3.63, 3.8) is 0 Å². The van der Waals surface area contributed by atoms with Gasteiger partial charge in [-0.3, -0.25) is 0 Å². The molecule has 2 rings (SSSR count). The lowest BCUT2D eigenvalue weighted by atomic mass is 10.1. The van der Waals surface area contributed by atoms with Crippen LogP contribution in [-0.4, -0.2) is 20.6 Å². The summed E-state index contributed by atoms with van der Waals surface area (Å²) in [6, 6.07) is 0. The van der Waals surface area contributed by atoms with Crippen molar-refractivity contribution in [3.8, 4) is 0 Å². The molecule has 0 amide bonds. The van der Waals surface area contributed by atoms with Gasteiger partial charge in [0.15, 0.2) is 0 Å². The summed E-state index contributed by atoms with van der Waals surface area (Å²) in [7, 11) is 0. The summed E-state index contributed by atoms with van der Waals surface area (Å²) in [6.45, 7) is 0. The van der Waals surface area contributed by atoms with Gasteiger partial charge in [0, 0.05) is 6.10 Å². The summed E-state index contributed by atoms with van der Waals surface area (Å²) in [5.74, 6) is 2.31. The largest absolute Gasteiger partial charge is 0.495 e. The summed E-state index contributed by atoms with van der Waals surface area (Å²) in [5, 5.41) is 1.37. The van der Waals surface area contributed by atoms with Crippen LogP contribution in [0.3, 0.4) is 0 Å². The van der Waals surface area contributed by atoms with Crippen LogP contribution in [0, 0.1) is 0 Å². The van der Waals surface area contributed by atoms with Crippen molar-refractivity contribution >= 4 is 14.5 Å². The Kier molecular flexibility index (Phi) is 2.70. The van der Waals surface area contributed by atoms with Gasteiger partial charge >= 0.3 is 14.5 Å². The quantitative estimate of drug-likeness (QED) is 0.561. The van der Waals surface area contributed by atoms with Crippen LogP contribution in [0.5, 0.6) is 0 Å². The molecule has 2 aliphatic rings. The van der Waals surface area contributed by atoms with Crippen LogP contribution in [0.1, 0.15) is 19.3 Å². The van der Waals surface area contributed by atoms with Gasteiger partial charge in [-0.1, -0.05) is 35.7 Å². The number of hydrogen-bond acceptors (Lipinski definition) is 1. The van der Waals surface area contributed by atoms with Crippen molar-refractivity contribution < 1.29 is 3.79 Å². The van der Waals surface area contributed by atoms with Crippen molar-refractivity contribution in [3.05, 3.63) is 23.8 Å². The van der Waals surface area contributed by atoms with Crippen molar-refractivity contribution in [2.45, 2.75) is 36.4 Å². The molecule has 1 heterocycles. The zero-order chi connectivity index (χ0) is 8.39. The molecule has 0 aromatic heterocycles. The van der Waals surface area contributed by atoms with E-state index in [9.17, 15) is 0 Å². The third kappa shape index (κ3) is 1.83. The predicted molar refractivity (Wildman–Crippen MR) is 52.4 cm³/mol. The summed E-state index contributed by atoms with van der Waals surface area (Å²) in [6.07, 6.45) is 10.9. The molecule has 1 nitrogen and oxygen atoms in total. The van der Waals surface area contributed by atoms with E-state index in [1.807, 2.05) is 0 Å². The maximum Gasteiger partial charge on any atom is 0.457 e. The molecule has 0 aromatic carbocycles. The lowest BCUT2D eigenvalue weighted by Crippen LogP contribution is -2.29. The zero-order valence-corrected chi connectivity index (χ0v) is 8.78. The summed E-state index contributed by atoms with van der Waals surface area (Å²) in [5.41, 5.74) is 1.51. The Balaban J connectivity index is 1.95. The Morgan fingerprint density at radius 2 is 2.50 bits per heavy atom. The molecule has 0 saturated carbocycles. The first kappa shape index (κ1) is 8.57. The van der Waals surface area contributed by atoms with Gasteiger partial charge < -0.3 is 3.79 Å². The topological polar surface area (TPSA) is 9.23 Å². The third-order valence-electron chi connectivity index (χ3n) is 2.69. The van der Waals surface area contributed by atoms with E-state index in [1.165, 1.54) is 23.7 Å². The first-order valence-corrected chi connectivity index (χ1v) is 7.31. The Bertz CT molecular complexity index is 220. The molecule has 0 spiro atoms. The Morgan fingerprint density at radius 3 is 3.17 bits per heavy atom. The van der Waals surface area contributed by atoms with Gasteiger partial charge in [-0.25, -0.2) is 0 Å². The maximum absolute atomic E-state index is 6.00. The van der Waals surface area contributed by atoms with Crippen LogP contribution in [0.15, 0.2) is 23.8 Å². The Labute approximate surface area is 78.8 Å². The summed E-state index contributed by atoms with van der Waals surface area (Å²) < 4.78 is 6.00. The number of rotatable bonds is 1. The average molecular weight is 178 g/mol. The van der Waals surface area contributed by atoms with E-state index in [2.05, 4.69) is 24.0 Å². The molecular weight excluding hydrogens is 163 g/mol. The van der Waals surface area contributed by atoms with Crippen molar-refractivity contribution in [1.29, 1.82) is 0 Å². The Morgan fingerprint density at radius 1 is 1.58 bits per heavy atom. The second-order valence-electron chi connectivity index (χ2n) is 3.74. The van der Waals surface area contributed by atoms with E-state index in [1.54, 1.807) is 0 Å². The highest BCUT2D eigenvalue weighted by Crippen LogP contribution is 2.26. The lowest BCUT2D eigenvalue weighted by molar-refractivity contribution is 0.205. The predicted octanol–water partition coefficient (Wildman–Crippen LogP) is 2.67. The van der Waals surface area contributed by atoms with Crippen LogP contribution >= 0.6 is 0 Å². The highest BCUT2D eigenvalue weighted by atomic mass is 27.2. The van der Waals surface area contributed by atoms with Gasteiger partial charge in [0.1, 0.15) is 0 Å². The molecule has 1 unspecified atom stereocenters. The fourth-order valence-electron chi connectivity index (χ4n) is 1.98. The average Bonchev–Trinajstić information content (AvgIpc) is 2.56. The minimum atomic E-state index is -0.777. The molecule has 2 heteroatoms. The van der Waals surface area contributed by atoms with E-state index < -0.39 is 14.5 Å². The molecule has 0 N–H and O–H groups in total. The molecule has 0 radical (unpaired) electrons. The smallest absolute Gasteiger partial charge is 0.457 e. The molecular formula is C10H15AlO. The van der Waals surface area contributed by atoms with Crippen molar-refractivity contribution in [2.75, 3.05) is 0 Å². The van der Waals surface area contributed by atoms with Crippen LogP contribution in [0.2, 0.25) is 11.1 Å². The van der Waals surface area contributed by atoms with E-state index in [0.29, 0.717) is 6.10 Å². The zero-order valence-electron chi connectivity index (χ0n) is 7.62. The first-order valence-electron chi connectivity index (χ1n) is 4.87. The fraction of sp³-hybridized carbons (Fsp3) is 0.600. The summed E-state index contributed by atoms with van der Waals surface area (Å²) >= 11 is -0.777. The molecule has 1 aliphatic heterocycles. The minimum Gasteiger partial charge on any atom is -0.495 e. The normalized spacial score (nSPS) is 29.2. The second-order valence-corrected chi connectivity index (χ2v) is 6.21. The van der Waals surface area contributed by atoms with E-state index >= 15 is 0 Å². The van der Waals surface area contributed by atoms with Gasteiger partial charge in [-0.05, 0) is 18.4 Å². The van der Waals surface area contributed by atoms with E-state index in [0.717, 1.165) is 6.42 Å². The molecule has 1 atom stereocenters. The molecule has 1 saturated heterocycles. The molecule has 0 bridgehead atoms. The first-order chi connectivity index (χ1) is 5.86. The van der Waals surface area contributed by atoms with Crippen LogP contribution < -0.4 is 0 Å². The lowest BCUT2D eigenvalue weighted by Gasteiger charge is -2.27. The van der Waals surface area contributed by atoms with Gasteiger partial charge in [0.05, 0.1) is 0 Å². The van der Waals surface area contributed by atoms with E-state index in [4.69, 9.17) is 3.79 Å². The molecule has 64 valence electrons. The maximum atomic E-state index is 6.00. The van der Waals surface area contributed by atoms with Crippen LogP contribution in [-0.2, 0) is 3.79 Å². The molecule has 12 heavy (non-hydrogen) atoms. The van der Waals surface area contributed by atoms with Gasteiger partial charge in [0.25, 0.3) is 0 Å². The highest BCUT2D eigenvalue weighted by Gasteiger charge is 2.26.